The molecule has 1 aliphatic heterocycles. The van der Waals surface area contributed by atoms with Gasteiger partial charge in [0.2, 0.25) is 11.8 Å². The zero-order valence-corrected chi connectivity index (χ0v) is 15.3. The third kappa shape index (κ3) is 3.30. The van der Waals surface area contributed by atoms with Gasteiger partial charge in [-0.15, -0.1) is 0 Å². The topological polar surface area (TPSA) is 63.7 Å². The molecule has 2 aromatic rings. The van der Waals surface area contributed by atoms with E-state index in [2.05, 4.69) is 0 Å². The third-order valence-corrected chi connectivity index (χ3v) is 5.47. The molecule has 2 atom stereocenters. The van der Waals surface area contributed by atoms with Gasteiger partial charge in [0, 0.05) is 5.56 Å². The highest BCUT2D eigenvalue weighted by molar-refractivity contribution is 6.22. The van der Waals surface area contributed by atoms with Crippen LogP contribution in [-0.2, 0) is 9.59 Å². The van der Waals surface area contributed by atoms with Crippen LogP contribution >= 0.6 is 0 Å². The molecule has 2 fully saturated rings. The predicted molar refractivity (Wildman–Crippen MR) is 101 cm³/mol. The molecule has 0 aromatic heterocycles. The number of halogens is 1. The summed E-state index contributed by atoms with van der Waals surface area (Å²) in [7, 11) is 0. The number of Topliss-reactive ketones (excluding diaryl/α,β-unsaturated/α-hetero) is 1. The predicted octanol–water partition coefficient (Wildman–Crippen LogP) is 3.77. The Bertz CT molecular complexity index is 900. The fourth-order valence-corrected chi connectivity index (χ4v) is 4.03. The molecule has 2 aromatic carbocycles. The Labute approximate surface area is 162 Å². The van der Waals surface area contributed by atoms with E-state index in [1.54, 1.807) is 24.3 Å². The molecule has 1 aliphatic carbocycles. The smallest absolute Gasteiger partial charge is 0.237 e. The van der Waals surface area contributed by atoms with Crippen LogP contribution in [0.15, 0.2) is 48.5 Å². The zero-order chi connectivity index (χ0) is 19.7. The number of amides is 2. The molecule has 6 heteroatoms. The summed E-state index contributed by atoms with van der Waals surface area (Å²) in [5, 5.41) is 0. The van der Waals surface area contributed by atoms with E-state index >= 15 is 0 Å². The maximum absolute atomic E-state index is 13.0. The summed E-state index contributed by atoms with van der Waals surface area (Å²) in [6.07, 6.45) is 3.38. The molecular formula is C22H20FNO4. The second-order valence-corrected chi connectivity index (χ2v) is 7.20. The Hall–Kier alpha value is -3.02. The van der Waals surface area contributed by atoms with E-state index in [1.165, 1.54) is 29.2 Å². The molecule has 1 saturated heterocycles. The van der Waals surface area contributed by atoms with Gasteiger partial charge < -0.3 is 4.74 Å². The second kappa shape index (κ2) is 7.54. The molecule has 28 heavy (non-hydrogen) atoms. The number of carbonyl (C=O) groups excluding carboxylic acids is 3. The first kappa shape index (κ1) is 18.3. The van der Waals surface area contributed by atoms with Crippen molar-refractivity contribution in [2.45, 2.75) is 25.7 Å². The van der Waals surface area contributed by atoms with Gasteiger partial charge in [-0.05, 0) is 49.2 Å². The number of hydrogen-bond acceptors (Lipinski definition) is 4. The molecule has 2 aliphatic rings. The highest BCUT2D eigenvalue weighted by atomic mass is 19.1. The van der Waals surface area contributed by atoms with Crippen molar-refractivity contribution in [2.24, 2.45) is 11.8 Å². The molecule has 0 spiro atoms. The van der Waals surface area contributed by atoms with Gasteiger partial charge in [-0.25, -0.2) is 9.29 Å². The van der Waals surface area contributed by atoms with Crippen LogP contribution in [0.3, 0.4) is 0 Å². The summed E-state index contributed by atoms with van der Waals surface area (Å²) in [5.41, 5.74) is 0.706. The van der Waals surface area contributed by atoms with Crippen molar-refractivity contribution in [3.8, 4) is 5.75 Å². The molecule has 0 bridgehead atoms. The molecule has 1 heterocycles. The molecule has 5 nitrogen and oxygen atoms in total. The normalized spacial score (nSPS) is 21.5. The first-order valence-corrected chi connectivity index (χ1v) is 9.44. The number of hydrogen-bond donors (Lipinski definition) is 0. The molecule has 4 rings (SSSR count). The Morgan fingerprint density at radius 3 is 2.21 bits per heavy atom. The Morgan fingerprint density at radius 2 is 1.57 bits per heavy atom. The van der Waals surface area contributed by atoms with Gasteiger partial charge >= 0.3 is 0 Å². The summed E-state index contributed by atoms with van der Waals surface area (Å²) >= 11 is 0. The first-order chi connectivity index (χ1) is 13.6. The molecule has 0 radical (unpaired) electrons. The summed E-state index contributed by atoms with van der Waals surface area (Å²) in [4.78, 5) is 39.2. The molecule has 2 amide bonds. The van der Waals surface area contributed by atoms with Gasteiger partial charge in [-0.3, -0.25) is 14.4 Å². The lowest BCUT2D eigenvalue weighted by Gasteiger charge is -2.19. The van der Waals surface area contributed by atoms with Crippen molar-refractivity contribution < 1.29 is 23.5 Å². The number of ketones is 1. The average molecular weight is 381 g/mol. The van der Waals surface area contributed by atoms with E-state index in [-0.39, 0.29) is 36.0 Å². The minimum Gasteiger partial charge on any atom is -0.483 e. The average Bonchev–Trinajstić information content (AvgIpc) is 2.97. The number of carbonyl (C=O) groups is 3. The van der Waals surface area contributed by atoms with Crippen molar-refractivity contribution in [1.82, 2.24) is 0 Å². The van der Waals surface area contributed by atoms with Crippen molar-refractivity contribution in [1.29, 1.82) is 0 Å². The number of anilines is 1. The molecule has 0 unspecified atom stereocenters. The van der Waals surface area contributed by atoms with Crippen LogP contribution in [0, 0.1) is 17.7 Å². The lowest BCUT2D eigenvalue weighted by Crippen LogP contribution is -2.31. The summed E-state index contributed by atoms with van der Waals surface area (Å²) < 4.78 is 18.7. The van der Waals surface area contributed by atoms with Gasteiger partial charge in [0.1, 0.15) is 11.6 Å². The number of ether oxygens (including phenoxy) is 1. The van der Waals surface area contributed by atoms with Crippen molar-refractivity contribution in [3.05, 3.63) is 59.9 Å². The van der Waals surface area contributed by atoms with E-state index in [0.717, 1.165) is 25.7 Å². The highest BCUT2D eigenvalue weighted by Gasteiger charge is 2.49. The van der Waals surface area contributed by atoms with Gasteiger partial charge in [-0.2, -0.15) is 0 Å². The van der Waals surface area contributed by atoms with Crippen LogP contribution in [0.2, 0.25) is 0 Å². The van der Waals surface area contributed by atoms with Gasteiger partial charge in [0.25, 0.3) is 0 Å². The second-order valence-electron chi connectivity index (χ2n) is 7.20. The van der Waals surface area contributed by atoms with Crippen LogP contribution in [-0.4, -0.2) is 24.2 Å². The molecule has 1 saturated carbocycles. The summed E-state index contributed by atoms with van der Waals surface area (Å²) in [5.74, 6) is -1.31. The summed E-state index contributed by atoms with van der Waals surface area (Å²) in [6.45, 7) is -0.272. The van der Waals surface area contributed by atoms with Crippen molar-refractivity contribution in [3.63, 3.8) is 0 Å². The summed E-state index contributed by atoms with van der Waals surface area (Å²) in [6, 6.07) is 12.0. The highest BCUT2D eigenvalue weighted by Crippen LogP contribution is 2.42. The lowest BCUT2D eigenvalue weighted by molar-refractivity contribution is -0.122. The first-order valence-electron chi connectivity index (χ1n) is 9.44. The van der Waals surface area contributed by atoms with Crippen LogP contribution in [0.4, 0.5) is 10.1 Å². The quantitative estimate of drug-likeness (QED) is 0.584. The van der Waals surface area contributed by atoms with Gasteiger partial charge in [-0.1, -0.05) is 25.0 Å². The van der Waals surface area contributed by atoms with Crippen molar-refractivity contribution in [2.75, 3.05) is 11.5 Å². The standard InChI is InChI=1S/C22H20FNO4/c23-15-11-9-14(10-12-15)19(25)13-28-20-8-4-3-7-18(20)24-21(26)16-5-1-2-6-17(16)22(24)27/h3-4,7-12,16-17H,1-2,5-6,13H2/t16-,17-/m0/s1. The lowest BCUT2D eigenvalue weighted by atomic mass is 9.81. The van der Waals surface area contributed by atoms with Gasteiger partial charge in [0.05, 0.1) is 17.5 Å². The monoisotopic (exact) mass is 381 g/mol. The molecule has 0 N–H and O–H groups in total. The number of rotatable bonds is 5. The third-order valence-electron chi connectivity index (χ3n) is 5.47. The Kier molecular flexibility index (Phi) is 4.94. The zero-order valence-electron chi connectivity index (χ0n) is 15.3. The number of para-hydroxylation sites is 2. The van der Waals surface area contributed by atoms with E-state index in [4.69, 9.17) is 4.74 Å². The van der Waals surface area contributed by atoms with Gasteiger partial charge in [0.15, 0.2) is 12.4 Å². The number of imide groups is 1. The fraction of sp³-hybridized carbons (Fsp3) is 0.318. The maximum Gasteiger partial charge on any atom is 0.237 e. The minimum atomic E-state index is -0.421. The van der Waals surface area contributed by atoms with E-state index in [0.29, 0.717) is 17.0 Å². The molecule has 144 valence electrons. The van der Waals surface area contributed by atoms with Crippen LogP contribution in [0.25, 0.3) is 0 Å². The minimum absolute atomic E-state index is 0.185. The maximum atomic E-state index is 13.0. The van der Waals surface area contributed by atoms with E-state index in [9.17, 15) is 18.8 Å². The number of benzene rings is 2. The van der Waals surface area contributed by atoms with Crippen LogP contribution < -0.4 is 9.64 Å². The number of nitrogens with zero attached hydrogens (tertiary/aromatic N) is 1. The SMILES string of the molecule is O=C(COc1ccccc1N1C(=O)[C@H]2CCCC[C@@H]2C1=O)c1ccc(F)cc1. The number of fused-ring (bicyclic) bond motifs is 1. The van der Waals surface area contributed by atoms with E-state index in [1.807, 2.05) is 0 Å². The Morgan fingerprint density at radius 1 is 0.964 bits per heavy atom. The van der Waals surface area contributed by atoms with Crippen LogP contribution in [0.1, 0.15) is 36.0 Å². The van der Waals surface area contributed by atoms with Crippen molar-refractivity contribution >= 4 is 23.3 Å². The fourth-order valence-electron chi connectivity index (χ4n) is 4.03. The van der Waals surface area contributed by atoms with Crippen LogP contribution in [0.5, 0.6) is 5.75 Å². The Balaban J connectivity index is 1.54. The largest absolute Gasteiger partial charge is 0.483 e. The molecular weight excluding hydrogens is 361 g/mol. The van der Waals surface area contributed by atoms with E-state index < -0.39 is 5.82 Å².